The highest BCUT2D eigenvalue weighted by atomic mass is 14.1. The van der Waals surface area contributed by atoms with Gasteiger partial charge < -0.3 is 0 Å². The van der Waals surface area contributed by atoms with Crippen LogP contribution >= 0.6 is 0 Å². The van der Waals surface area contributed by atoms with Crippen LogP contribution in [0.1, 0.15) is 73.6 Å². The Bertz CT molecular complexity index is 135. The molecule has 0 fully saturated rings. The summed E-state index contributed by atoms with van der Waals surface area (Å²) in [5.41, 5.74) is 0. The second kappa shape index (κ2) is 8.19. The van der Waals surface area contributed by atoms with Crippen LogP contribution in [0.15, 0.2) is 0 Å². The van der Waals surface area contributed by atoms with E-state index in [1.165, 1.54) is 32.1 Å². The third-order valence-corrected chi connectivity index (χ3v) is 3.73. The van der Waals surface area contributed by atoms with Gasteiger partial charge in [-0.25, -0.2) is 0 Å². The Balaban J connectivity index is 3.42. The van der Waals surface area contributed by atoms with E-state index >= 15 is 0 Å². The molecule has 92 valence electrons. The molecular weight excluding hydrogens is 180 g/mol. The Labute approximate surface area is 97.8 Å². The first kappa shape index (κ1) is 15.0. The maximum absolute atomic E-state index is 2.42. The van der Waals surface area contributed by atoms with Gasteiger partial charge in [-0.15, -0.1) is 0 Å². The topological polar surface area (TPSA) is 0 Å². The van der Waals surface area contributed by atoms with Gasteiger partial charge in [-0.05, 0) is 23.7 Å². The lowest BCUT2D eigenvalue weighted by Crippen LogP contribution is -2.05. The van der Waals surface area contributed by atoms with Crippen molar-refractivity contribution in [3.05, 3.63) is 0 Å². The van der Waals surface area contributed by atoms with E-state index in [-0.39, 0.29) is 0 Å². The molecule has 0 rings (SSSR count). The molecular formula is C15H32. The van der Waals surface area contributed by atoms with Crippen molar-refractivity contribution < 1.29 is 0 Å². The maximum Gasteiger partial charge on any atom is -0.0420 e. The summed E-state index contributed by atoms with van der Waals surface area (Å²) in [5.74, 6) is 3.58. The van der Waals surface area contributed by atoms with Crippen molar-refractivity contribution in [2.45, 2.75) is 73.6 Å². The summed E-state index contributed by atoms with van der Waals surface area (Å²) in [6.07, 6.45) is 7.11. The van der Waals surface area contributed by atoms with Crippen LogP contribution in [0, 0.1) is 23.7 Å². The Morgan fingerprint density at radius 3 is 1.73 bits per heavy atom. The van der Waals surface area contributed by atoms with E-state index in [2.05, 4.69) is 41.5 Å². The molecule has 0 saturated carbocycles. The molecule has 0 amide bonds. The fourth-order valence-corrected chi connectivity index (χ4v) is 1.88. The predicted molar refractivity (Wildman–Crippen MR) is 71.1 cm³/mol. The van der Waals surface area contributed by atoms with Crippen molar-refractivity contribution in [3.63, 3.8) is 0 Å². The first-order chi connectivity index (χ1) is 6.93. The molecule has 2 atom stereocenters. The average Bonchev–Trinajstić information content (AvgIpc) is 2.14. The minimum absolute atomic E-state index is 0.857. The molecule has 0 heterocycles. The summed E-state index contributed by atoms with van der Waals surface area (Å²) >= 11 is 0. The van der Waals surface area contributed by atoms with Gasteiger partial charge in [0.25, 0.3) is 0 Å². The Morgan fingerprint density at radius 2 is 1.27 bits per heavy atom. The molecule has 0 aromatic carbocycles. The molecule has 15 heavy (non-hydrogen) atoms. The van der Waals surface area contributed by atoms with Crippen LogP contribution in [-0.4, -0.2) is 0 Å². The van der Waals surface area contributed by atoms with Gasteiger partial charge in [-0.2, -0.15) is 0 Å². The third-order valence-electron chi connectivity index (χ3n) is 3.73. The average molecular weight is 212 g/mol. The molecule has 0 saturated heterocycles. The highest BCUT2D eigenvalue weighted by Gasteiger charge is 2.08. The molecule has 0 aliphatic carbocycles. The zero-order valence-electron chi connectivity index (χ0n) is 11.8. The van der Waals surface area contributed by atoms with Crippen molar-refractivity contribution in [2.24, 2.45) is 23.7 Å². The van der Waals surface area contributed by atoms with E-state index in [1.54, 1.807) is 0 Å². The van der Waals surface area contributed by atoms with Crippen molar-refractivity contribution in [3.8, 4) is 0 Å². The SMILES string of the molecule is CC(C)CCC(C)CCCC(C)C(C)C. The maximum atomic E-state index is 2.42. The highest BCUT2D eigenvalue weighted by Crippen LogP contribution is 2.21. The van der Waals surface area contributed by atoms with E-state index in [4.69, 9.17) is 0 Å². The van der Waals surface area contributed by atoms with Gasteiger partial charge in [0.15, 0.2) is 0 Å². The van der Waals surface area contributed by atoms with Crippen LogP contribution in [-0.2, 0) is 0 Å². The molecule has 0 nitrogen and oxygen atoms in total. The van der Waals surface area contributed by atoms with Crippen LogP contribution in [0.3, 0.4) is 0 Å². The van der Waals surface area contributed by atoms with Gasteiger partial charge in [0.2, 0.25) is 0 Å². The smallest absolute Gasteiger partial charge is 0.0420 e. The second-order valence-corrected chi connectivity index (χ2v) is 6.23. The summed E-state index contributed by atoms with van der Waals surface area (Å²) in [6, 6.07) is 0. The standard InChI is InChI=1S/C15H32/c1-12(2)10-11-14(5)8-7-9-15(6)13(3)4/h12-15H,7-11H2,1-6H3. The zero-order chi connectivity index (χ0) is 11.8. The number of hydrogen-bond donors (Lipinski definition) is 0. The molecule has 0 bridgehead atoms. The summed E-state index contributed by atoms with van der Waals surface area (Å²) in [5, 5.41) is 0. The second-order valence-electron chi connectivity index (χ2n) is 6.23. The van der Waals surface area contributed by atoms with Gasteiger partial charge in [0.05, 0.1) is 0 Å². The largest absolute Gasteiger partial charge is 0.0628 e. The van der Waals surface area contributed by atoms with E-state index < -0.39 is 0 Å². The van der Waals surface area contributed by atoms with E-state index in [0.29, 0.717) is 0 Å². The molecule has 0 aromatic heterocycles. The van der Waals surface area contributed by atoms with Gasteiger partial charge in [0, 0.05) is 0 Å². The lowest BCUT2D eigenvalue weighted by atomic mass is 9.89. The van der Waals surface area contributed by atoms with Crippen molar-refractivity contribution in [2.75, 3.05) is 0 Å². The number of hydrogen-bond acceptors (Lipinski definition) is 0. The quantitative estimate of drug-likeness (QED) is 0.497. The fraction of sp³-hybridized carbons (Fsp3) is 1.00. The Kier molecular flexibility index (Phi) is 8.19. The molecule has 0 spiro atoms. The first-order valence-corrected chi connectivity index (χ1v) is 6.93. The normalized spacial score (nSPS) is 16.0. The monoisotopic (exact) mass is 212 g/mol. The van der Waals surface area contributed by atoms with Crippen molar-refractivity contribution >= 4 is 0 Å². The van der Waals surface area contributed by atoms with Crippen LogP contribution < -0.4 is 0 Å². The minimum atomic E-state index is 0.857. The van der Waals surface area contributed by atoms with Gasteiger partial charge in [0.1, 0.15) is 0 Å². The minimum Gasteiger partial charge on any atom is -0.0628 e. The molecule has 0 aromatic rings. The Hall–Kier alpha value is 0. The van der Waals surface area contributed by atoms with Crippen LogP contribution in [0.5, 0.6) is 0 Å². The van der Waals surface area contributed by atoms with Crippen LogP contribution in [0.2, 0.25) is 0 Å². The van der Waals surface area contributed by atoms with Crippen molar-refractivity contribution in [1.29, 1.82) is 0 Å². The summed E-state index contributed by atoms with van der Waals surface area (Å²) in [4.78, 5) is 0. The van der Waals surface area contributed by atoms with Crippen LogP contribution in [0.4, 0.5) is 0 Å². The van der Waals surface area contributed by atoms with E-state index in [9.17, 15) is 0 Å². The fourth-order valence-electron chi connectivity index (χ4n) is 1.88. The van der Waals surface area contributed by atoms with Gasteiger partial charge in [-0.1, -0.05) is 73.6 Å². The molecule has 0 N–H and O–H groups in total. The van der Waals surface area contributed by atoms with Crippen molar-refractivity contribution in [1.82, 2.24) is 0 Å². The third kappa shape index (κ3) is 8.96. The molecule has 0 aliphatic heterocycles. The zero-order valence-corrected chi connectivity index (χ0v) is 11.8. The molecule has 0 heteroatoms. The predicted octanol–water partition coefficient (Wildman–Crippen LogP) is 5.52. The first-order valence-electron chi connectivity index (χ1n) is 6.93. The summed E-state index contributed by atoms with van der Waals surface area (Å²) < 4.78 is 0. The Morgan fingerprint density at radius 1 is 0.667 bits per heavy atom. The molecule has 0 aliphatic rings. The van der Waals surface area contributed by atoms with Crippen LogP contribution in [0.25, 0.3) is 0 Å². The van der Waals surface area contributed by atoms with Gasteiger partial charge >= 0.3 is 0 Å². The molecule has 2 unspecified atom stereocenters. The highest BCUT2D eigenvalue weighted by molar-refractivity contribution is 4.60. The number of rotatable bonds is 8. The van der Waals surface area contributed by atoms with E-state index in [1.807, 2.05) is 0 Å². The lowest BCUT2D eigenvalue weighted by molar-refractivity contribution is 0.349. The summed E-state index contributed by atoms with van der Waals surface area (Å²) in [7, 11) is 0. The molecule has 0 radical (unpaired) electrons. The summed E-state index contributed by atoms with van der Waals surface area (Å²) in [6.45, 7) is 14.1. The van der Waals surface area contributed by atoms with E-state index in [0.717, 1.165) is 23.7 Å². The van der Waals surface area contributed by atoms with Gasteiger partial charge in [-0.3, -0.25) is 0 Å². The lowest BCUT2D eigenvalue weighted by Gasteiger charge is -2.17.